The van der Waals surface area contributed by atoms with Crippen LogP contribution in [0.2, 0.25) is 0 Å². The highest BCUT2D eigenvalue weighted by molar-refractivity contribution is 5.92. The molecular formula is C15H23N3O. The lowest BCUT2D eigenvalue weighted by Gasteiger charge is -2.15. The summed E-state index contributed by atoms with van der Waals surface area (Å²) in [6, 6.07) is 7.89. The van der Waals surface area contributed by atoms with Gasteiger partial charge in [0.2, 0.25) is 5.91 Å². The Kier molecular flexibility index (Phi) is 5.42. The van der Waals surface area contributed by atoms with E-state index in [1.165, 1.54) is 0 Å². The van der Waals surface area contributed by atoms with Gasteiger partial charge in [0.05, 0.1) is 5.82 Å². The van der Waals surface area contributed by atoms with Crippen LogP contribution in [0.25, 0.3) is 0 Å². The van der Waals surface area contributed by atoms with E-state index in [0.29, 0.717) is 6.04 Å². The first-order valence-electron chi connectivity index (χ1n) is 6.52. The number of nitrogens with one attached hydrogen (secondary N) is 3. The molecule has 0 saturated carbocycles. The van der Waals surface area contributed by atoms with E-state index in [-0.39, 0.29) is 11.8 Å². The summed E-state index contributed by atoms with van der Waals surface area (Å²) in [5.41, 5.74) is 1.67. The fourth-order valence-corrected chi connectivity index (χ4v) is 1.52. The molecule has 0 unspecified atom stereocenters. The molecule has 0 radical (unpaired) electrons. The molecule has 0 atom stereocenters. The van der Waals surface area contributed by atoms with Crippen molar-refractivity contribution in [3.05, 3.63) is 36.7 Å². The highest BCUT2D eigenvalue weighted by Crippen LogP contribution is 2.16. The number of carbonyl (C=O) groups excluding carboxylic acids is 1. The number of carbonyl (C=O) groups is 1. The first kappa shape index (κ1) is 15.1. The van der Waals surface area contributed by atoms with Crippen molar-refractivity contribution in [2.75, 3.05) is 10.6 Å². The zero-order valence-electron chi connectivity index (χ0n) is 12.1. The molecule has 4 nitrogen and oxygen atoms in total. The highest BCUT2D eigenvalue weighted by atomic mass is 16.1. The molecule has 0 aromatic heterocycles. The lowest BCUT2D eigenvalue weighted by molar-refractivity contribution is -0.118. The van der Waals surface area contributed by atoms with Gasteiger partial charge in [-0.15, -0.1) is 0 Å². The summed E-state index contributed by atoms with van der Waals surface area (Å²) in [6.07, 6.45) is 0. The van der Waals surface area contributed by atoms with Crippen LogP contribution in [0.1, 0.15) is 27.7 Å². The molecule has 0 fully saturated rings. The third kappa shape index (κ3) is 5.46. The summed E-state index contributed by atoms with van der Waals surface area (Å²) in [7, 11) is 0. The maximum atomic E-state index is 11.6. The molecular weight excluding hydrogens is 238 g/mol. The zero-order chi connectivity index (χ0) is 14.4. The van der Waals surface area contributed by atoms with Crippen LogP contribution in [0, 0.1) is 5.92 Å². The Balaban J connectivity index is 2.67. The Morgan fingerprint density at radius 2 is 1.68 bits per heavy atom. The minimum Gasteiger partial charge on any atom is -0.370 e. The van der Waals surface area contributed by atoms with Gasteiger partial charge in [0.15, 0.2) is 0 Å². The summed E-state index contributed by atoms with van der Waals surface area (Å²) in [6.45, 7) is 11.7. The lowest BCUT2D eigenvalue weighted by Crippen LogP contribution is -2.25. The van der Waals surface area contributed by atoms with Crippen LogP contribution in [0.5, 0.6) is 0 Å². The Hall–Kier alpha value is -1.97. The van der Waals surface area contributed by atoms with Gasteiger partial charge in [0, 0.05) is 23.3 Å². The van der Waals surface area contributed by atoms with Gasteiger partial charge in [0.1, 0.15) is 0 Å². The molecule has 4 heteroatoms. The van der Waals surface area contributed by atoms with Gasteiger partial charge in [-0.05, 0) is 32.0 Å². The van der Waals surface area contributed by atoms with Crippen LogP contribution in [0.15, 0.2) is 36.7 Å². The Bertz CT molecular complexity index is 452. The SMILES string of the molecule is C=C(Nc1cccc(NC(=O)C(C)C)c1)NC(C)C. The van der Waals surface area contributed by atoms with Gasteiger partial charge >= 0.3 is 0 Å². The largest absolute Gasteiger partial charge is 0.370 e. The third-order valence-electron chi connectivity index (χ3n) is 2.41. The molecule has 0 aliphatic heterocycles. The number of hydrogen-bond donors (Lipinski definition) is 3. The van der Waals surface area contributed by atoms with Crippen LogP contribution in [-0.4, -0.2) is 11.9 Å². The lowest BCUT2D eigenvalue weighted by atomic mass is 10.2. The van der Waals surface area contributed by atoms with Gasteiger partial charge in [-0.25, -0.2) is 0 Å². The van der Waals surface area contributed by atoms with Crippen molar-refractivity contribution in [2.24, 2.45) is 5.92 Å². The van der Waals surface area contributed by atoms with E-state index < -0.39 is 0 Å². The predicted octanol–water partition coefficient (Wildman–Crippen LogP) is 3.16. The van der Waals surface area contributed by atoms with E-state index in [1.54, 1.807) is 0 Å². The molecule has 1 amide bonds. The fraction of sp³-hybridized carbons (Fsp3) is 0.400. The van der Waals surface area contributed by atoms with Gasteiger partial charge in [0.25, 0.3) is 0 Å². The van der Waals surface area contributed by atoms with Gasteiger partial charge in [-0.3, -0.25) is 4.79 Å². The molecule has 0 saturated heterocycles. The van der Waals surface area contributed by atoms with Crippen molar-refractivity contribution in [3.8, 4) is 0 Å². The zero-order valence-corrected chi connectivity index (χ0v) is 12.1. The van der Waals surface area contributed by atoms with Crippen molar-refractivity contribution in [3.63, 3.8) is 0 Å². The van der Waals surface area contributed by atoms with Gasteiger partial charge in [-0.1, -0.05) is 26.5 Å². The Labute approximate surface area is 115 Å². The second kappa shape index (κ2) is 6.83. The van der Waals surface area contributed by atoms with Crippen molar-refractivity contribution in [1.82, 2.24) is 5.32 Å². The minimum atomic E-state index is -0.0332. The van der Waals surface area contributed by atoms with Gasteiger partial charge in [-0.2, -0.15) is 0 Å². The monoisotopic (exact) mass is 261 g/mol. The molecule has 0 aliphatic rings. The molecule has 3 N–H and O–H groups in total. The van der Waals surface area contributed by atoms with Crippen molar-refractivity contribution >= 4 is 17.3 Å². The van der Waals surface area contributed by atoms with Crippen LogP contribution < -0.4 is 16.0 Å². The normalized spacial score (nSPS) is 10.4. The molecule has 0 bridgehead atoms. The van der Waals surface area contributed by atoms with E-state index in [0.717, 1.165) is 17.2 Å². The number of anilines is 2. The summed E-state index contributed by atoms with van der Waals surface area (Å²) >= 11 is 0. The molecule has 1 aromatic rings. The predicted molar refractivity (Wildman–Crippen MR) is 80.9 cm³/mol. The molecule has 104 valence electrons. The average Bonchev–Trinajstić information content (AvgIpc) is 2.27. The van der Waals surface area contributed by atoms with Crippen molar-refractivity contribution in [2.45, 2.75) is 33.7 Å². The number of amides is 1. The molecule has 1 aromatic carbocycles. The first-order chi connectivity index (χ1) is 8.88. The van der Waals surface area contributed by atoms with Crippen LogP contribution in [-0.2, 0) is 4.79 Å². The van der Waals surface area contributed by atoms with Crippen LogP contribution in [0.4, 0.5) is 11.4 Å². The standard InChI is InChI=1S/C15H23N3O/c1-10(2)15(19)18-14-8-6-7-13(9-14)17-12(5)16-11(3)4/h6-11,16-17H,5H2,1-4H3,(H,18,19). The number of hydrogen-bond acceptors (Lipinski definition) is 3. The van der Waals surface area contributed by atoms with E-state index in [1.807, 2.05) is 52.0 Å². The molecule has 0 spiro atoms. The van der Waals surface area contributed by atoms with E-state index in [4.69, 9.17) is 0 Å². The van der Waals surface area contributed by atoms with E-state index in [9.17, 15) is 4.79 Å². The van der Waals surface area contributed by atoms with Crippen molar-refractivity contribution in [1.29, 1.82) is 0 Å². The summed E-state index contributed by atoms with van der Waals surface area (Å²) in [4.78, 5) is 11.6. The number of benzene rings is 1. The minimum absolute atomic E-state index is 0.0104. The van der Waals surface area contributed by atoms with E-state index >= 15 is 0 Å². The second-order valence-corrected chi connectivity index (χ2v) is 5.13. The first-order valence-corrected chi connectivity index (χ1v) is 6.52. The third-order valence-corrected chi connectivity index (χ3v) is 2.41. The summed E-state index contributed by atoms with van der Waals surface area (Å²) in [5.74, 6) is 0.716. The molecule has 19 heavy (non-hydrogen) atoms. The second-order valence-electron chi connectivity index (χ2n) is 5.13. The topological polar surface area (TPSA) is 53.2 Å². The quantitative estimate of drug-likeness (QED) is 0.737. The smallest absolute Gasteiger partial charge is 0.226 e. The molecule has 0 heterocycles. The molecule has 1 rings (SSSR count). The summed E-state index contributed by atoms with van der Waals surface area (Å²) < 4.78 is 0. The molecule has 0 aliphatic carbocycles. The van der Waals surface area contributed by atoms with Crippen molar-refractivity contribution < 1.29 is 4.79 Å². The average molecular weight is 261 g/mol. The maximum absolute atomic E-state index is 11.6. The Morgan fingerprint density at radius 3 is 2.21 bits per heavy atom. The Morgan fingerprint density at radius 1 is 1.11 bits per heavy atom. The van der Waals surface area contributed by atoms with Crippen LogP contribution >= 0.6 is 0 Å². The van der Waals surface area contributed by atoms with Crippen LogP contribution in [0.3, 0.4) is 0 Å². The van der Waals surface area contributed by atoms with Gasteiger partial charge < -0.3 is 16.0 Å². The highest BCUT2D eigenvalue weighted by Gasteiger charge is 2.07. The maximum Gasteiger partial charge on any atom is 0.226 e. The summed E-state index contributed by atoms with van der Waals surface area (Å²) in [5, 5.41) is 9.20. The van der Waals surface area contributed by atoms with E-state index in [2.05, 4.69) is 22.5 Å². The fourth-order valence-electron chi connectivity index (χ4n) is 1.52. The number of rotatable bonds is 6.